The summed E-state index contributed by atoms with van der Waals surface area (Å²) in [7, 11) is 1.74. The maximum atomic E-state index is 12.0. The Morgan fingerprint density at radius 2 is 2.24 bits per heavy atom. The molecule has 4 heteroatoms. The van der Waals surface area contributed by atoms with Crippen molar-refractivity contribution in [2.45, 2.75) is 13.3 Å². The van der Waals surface area contributed by atoms with Crippen molar-refractivity contribution in [1.82, 2.24) is 4.90 Å². The lowest BCUT2D eigenvalue weighted by molar-refractivity contribution is 0.0798. The molecule has 0 aliphatic rings. The Morgan fingerprint density at radius 3 is 2.88 bits per heavy atom. The fraction of sp³-hybridized carbons (Fsp3) is 0.462. The number of nitrogens with two attached hydrogens (primary N) is 1. The molecule has 0 fully saturated rings. The van der Waals surface area contributed by atoms with Crippen LogP contribution < -0.4 is 10.5 Å². The molecule has 0 spiro atoms. The van der Waals surface area contributed by atoms with Crippen LogP contribution in [0.4, 0.5) is 0 Å². The quantitative estimate of drug-likeness (QED) is 0.814. The Labute approximate surface area is 102 Å². The van der Waals surface area contributed by atoms with E-state index in [0.29, 0.717) is 25.3 Å². The molecule has 1 rings (SSSR count). The Morgan fingerprint density at radius 1 is 1.47 bits per heavy atom. The molecule has 17 heavy (non-hydrogen) atoms. The minimum atomic E-state index is -0.0302. The minimum absolute atomic E-state index is 0.0302. The highest BCUT2D eigenvalue weighted by molar-refractivity contribution is 5.94. The minimum Gasteiger partial charge on any atom is -0.494 e. The van der Waals surface area contributed by atoms with E-state index < -0.39 is 0 Å². The third-order valence-electron chi connectivity index (χ3n) is 2.37. The molecule has 0 aliphatic heterocycles. The third kappa shape index (κ3) is 4.07. The molecule has 4 nitrogen and oxygen atoms in total. The van der Waals surface area contributed by atoms with Crippen LogP contribution in [0.3, 0.4) is 0 Å². The summed E-state index contributed by atoms with van der Waals surface area (Å²) in [5, 5.41) is 0. The van der Waals surface area contributed by atoms with Crippen LogP contribution in [0.25, 0.3) is 0 Å². The molecule has 94 valence electrons. The molecule has 0 saturated carbocycles. The van der Waals surface area contributed by atoms with Gasteiger partial charge in [0.2, 0.25) is 0 Å². The summed E-state index contributed by atoms with van der Waals surface area (Å²) in [6.45, 7) is 3.73. The van der Waals surface area contributed by atoms with Gasteiger partial charge in [0.15, 0.2) is 0 Å². The van der Waals surface area contributed by atoms with Crippen LogP contribution in [-0.4, -0.2) is 37.6 Å². The smallest absolute Gasteiger partial charge is 0.253 e. The van der Waals surface area contributed by atoms with Gasteiger partial charge in [0.05, 0.1) is 6.61 Å². The largest absolute Gasteiger partial charge is 0.494 e. The normalized spacial score (nSPS) is 10.1. The molecule has 1 aromatic carbocycles. The molecule has 0 saturated heterocycles. The fourth-order valence-corrected chi connectivity index (χ4v) is 1.45. The molecule has 1 aromatic rings. The molecule has 0 unspecified atom stereocenters. The first-order valence-corrected chi connectivity index (χ1v) is 5.87. The van der Waals surface area contributed by atoms with Gasteiger partial charge >= 0.3 is 0 Å². The maximum Gasteiger partial charge on any atom is 0.253 e. The number of carbonyl (C=O) groups is 1. The number of rotatable bonds is 6. The van der Waals surface area contributed by atoms with E-state index in [2.05, 4.69) is 0 Å². The van der Waals surface area contributed by atoms with Gasteiger partial charge in [-0.3, -0.25) is 4.79 Å². The number of hydrogen-bond donors (Lipinski definition) is 1. The van der Waals surface area contributed by atoms with E-state index >= 15 is 0 Å². The van der Waals surface area contributed by atoms with E-state index in [1.807, 2.05) is 19.1 Å². The first-order valence-electron chi connectivity index (χ1n) is 5.87. The van der Waals surface area contributed by atoms with Crippen LogP contribution in [0.5, 0.6) is 5.75 Å². The van der Waals surface area contributed by atoms with Crippen molar-refractivity contribution in [1.29, 1.82) is 0 Å². The summed E-state index contributed by atoms with van der Waals surface area (Å²) in [5.74, 6) is 0.705. The van der Waals surface area contributed by atoms with Crippen LogP contribution in [0.15, 0.2) is 24.3 Å². The zero-order valence-electron chi connectivity index (χ0n) is 10.5. The monoisotopic (exact) mass is 236 g/mol. The summed E-state index contributed by atoms with van der Waals surface area (Å²) in [4.78, 5) is 13.6. The van der Waals surface area contributed by atoms with Gasteiger partial charge in [-0.15, -0.1) is 0 Å². The van der Waals surface area contributed by atoms with Crippen molar-refractivity contribution in [2.75, 3.05) is 26.7 Å². The van der Waals surface area contributed by atoms with Crippen LogP contribution in [-0.2, 0) is 0 Å². The topological polar surface area (TPSA) is 55.6 Å². The predicted molar refractivity (Wildman–Crippen MR) is 68.2 cm³/mol. The fourth-order valence-electron chi connectivity index (χ4n) is 1.45. The molecule has 0 heterocycles. The molecule has 0 aromatic heterocycles. The van der Waals surface area contributed by atoms with Gasteiger partial charge in [0.1, 0.15) is 5.75 Å². The lowest BCUT2D eigenvalue weighted by Crippen LogP contribution is -2.31. The molecule has 0 atom stereocenters. The van der Waals surface area contributed by atoms with Gasteiger partial charge in [-0.2, -0.15) is 0 Å². The van der Waals surface area contributed by atoms with Crippen molar-refractivity contribution >= 4 is 5.91 Å². The lowest BCUT2D eigenvalue weighted by atomic mass is 10.2. The van der Waals surface area contributed by atoms with Gasteiger partial charge in [0.25, 0.3) is 5.91 Å². The summed E-state index contributed by atoms with van der Waals surface area (Å²) < 4.78 is 5.49. The standard InChI is InChI=1S/C13H20N2O2/c1-3-9-17-12-6-4-5-11(10-12)13(16)15(2)8-7-14/h4-6,10H,3,7-9,14H2,1-2H3. The average molecular weight is 236 g/mol. The number of carbonyl (C=O) groups excluding carboxylic acids is 1. The molecule has 2 N–H and O–H groups in total. The van der Waals surface area contributed by atoms with Crippen LogP contribution in [0, 0.1) is 0 Å². The van der Waals surface area contributed by atoms with E-state index in [9.17, 15) is 4.79 Å². The summed E-state index contributed by atoms with van der Waals surface area (Å²) in [6, 6.07) is 7.24. The highest BCUT2D eigenvalue weighted by atomic mass is 16.5. The number of hydrogen-bond acceptors (Lipinski definition) is 3. The van der Waals surface area contributed by atoms with Crippen molar-refractivity contribution < 1.29 is 9.53 Å². The van der Waals surface area contributed by atoms with Gasteiger partial charge in [0, 0.05) is 25.7 Å². The third-order valence-corrected chi connectivity index (χ3v) is 2.37. The van der Waals surface area contributed by atoms with Crippen molar-refractivity contribution in [3.8, 4) is 5.75 Å². The van der Waals surface area contributed by atoms with Gasteiger partial charge in [-0.25, -0.2) is 0 Å². The first kappa shape index (κ1) is 13.5. The van der Waals surface area contributed by atoms with E-state index in [4.69, 9.17) is 10.5 Å². The molecule has 0 aliphatic carbocycles. The van der Waals surface area contributed by atoms with E-state index in [1.165, 1.54) is 0 Å². The second-order valence-corrected chi connectivity index (χ2v) is 3.89. The zero-order chi connectivity index (χ0) is 12.7. The zero-order valence-corrected chi connectivity index (χ0v) is 10.5. The van der Waals surface area contributed by atoms with Gasteiger partial charge in [-0.05, 0) is 24.6 Å². The van der Waals surface area contributed by atoms with E-state index in [1.54, 1.807) is 24.1 Å². The molecule has 1 amide bonds. The Hall–Kier alpha value is -1.55. The lowest BCUT2D eigenvalue weighted by Gasteiger charge is -2.16. The summed E-state index contributed by atoms with van der Waals surface area (Å²) in [5.41, 5.74) is 6.06. The Bertz CT molecular complexity index is 366. The molecular formula is C13H20N2O2. The second kappa shape index (κ2) is 6.91. The van der Waals surface area contributed by atoms with E-state index in [0.717, 1.165) is 12.2 Å². The van der Waals surface area contributed by atoms with Crippen LogP contribution >= 0.6 is 0 Å². The predicted octanol–water partition coefficient (Wildman–Crippen LogP) is 1.51. The van der Waals surface area contributed by atoms with Gasteiger partial charge in [-0.1, -0.05) is 13.0 Å². The Kier molecular flexibility index (Phi) is 5.49. The second-order valence-electron chi connectivity index (χ2n) is 3.89. The SMILES string of the molecule is CCCOc1cccc(C(=O)N(C)CCN)c1. The van der Waals surface area contributed by atoms with Crippen molar-refractivity contribution in [3.63, 3.8) is 0 Å². The van der Waals surface area contributed by atoms with Crippen LogP contribution in [0.2, 0.25) is 0 Å². The highest BCUT2D eigenvalue weighted by Crippen LogP contribution is 2.14. The van der Waals surface area contributed by atoms with Gasteiger partial charge < -0.3 is 15.4 Å². The molecular weight excluding hydrogens is 216 g/mol. The van der Waals surface area contributed by atoms with Crippen molar-refractivity contribution in [3.05, 3.63) is 29.8 Å². The number of nitrogens with zero attached hydrogens (tertiary/aromatic N) is 1. The number of ether oxygens (including phenoxy) is 1. The summed E-state index contributed by atoms with van der Waals surface area (Å²) >= 11 is 0. The average Bonchev–Trinajstić information content (AvgIpc) is 2.36. The Balaban J connectivity index is 2.73. The first-order chi connectivity index (χ1) is 8.19. The number of amides is 1. The maximum absolute atomic E-state index is 12.0. The van der Waals surface area contributed by atoms with Crippen LogP contribution in [0.1, 0.15) is 23.7 Å². The number of benzene rings is 1. The molecule has 0 bridgehead atoms. The van der Waals surface area contributed by atoms with E-state index in [-0.39, 0.29) is 5.91 Å². The molecule has 0 radical (unpaired) electrons. The van der Waals surface area contributed by atoms with Crippen molar-refractivity contribution in [2.24, 2.45) is 5.73 Å². The summed E-state index contributed by atoms with van der Waals surface area (Å²) in [6.07, 6.45) is 0.950. The number of likely N-dealkylation sites (N-methyl/N-ethyl adjacent to an activating group) is 1. The highest BCUT2D eigenvalue weighted by Gasteiger charge is 2.11.